The van der Waals surface area contributed by atoms with Crippen LogP contribution in [0.1, 0.15) is 10.4 Å². The highest BCUT2D eigenvalue weighted by Crippen LogP contribution is 2.29. The average Bonchev–Trinajstić information content (AvgIpc) is 3.15. The fraction of sp³-hybridized carbons (Fsp3) is 0.0556. The Balaban J connectivity index is 1.65. The Bertz CT molecular complexity index is 901. The van der Waals surface area contributed by atoms with Crippen molar-refractivity contribution in [1.82, 2.24) is 9.55 Å². The number of nitrogens with one attached hydrogen (secondary N) is 1. The Hall–Kier alpha value is -3.41. The number of fused-ring (bicyclic) bond motifs is 1. The lowest BCUT2D eigenvalue weighted by atomic mass is 10.1. The molecule has 1 aliphatic heterocycles. The van der Waals surface area contributed by atoms with Gasteiger partial charge >= 0.3 is 0 Å². The number of hydrogen-bond acceptors (Lipinski definition) is 3. The Morgan fingerprint density at radius 2 is 1.83 bits per heavy atom. The number of carbonyl (C=O) groups excluding carboxylic acids is 2. The van der Waals surface area contributed by atoms with Gasteiger partial charge in [0.25, 0.3) is 5.91 Å². The summed E-state index contributed by atoms with van der Waals surface area (Å²) in [4.78, 5) is 30.5. The third-order valence-electron chi connectivity index (χ3n) is 3.88. The van der Waals surface area contributed by atoms with Gasteiger partial charge in [-0.05, 0) is 36.4 Å². The lowest BCUT2D eigenvalue weighted by molar-refractivity contribution is -0.115. The third kappa shape index (κ3) is 2.44. The van der Waals surface area contributed by atoms with E-state index in [2.05, 4.69) is 10.3 Å². The number of aromatic nitrogens is 2. The number of pyridine rings is 1. The number of hydrogen-bond donors (Lipinski definition) is 1. The first-order valence-corrected chi connectivity index (χ1v) is 7.52. The molecule has 0 spiro atoms. The van der Waals surface area contributed by atoms with Crippen molar-refractivity contribution in [3.63, 3.8) is 0 Å². The fourth-order valence-electron chi connectivity index (χ4n) is 2.72. The number of para-hydroxylation sites is 2. The standard InChI is InChI=1S/C18H14N4O2/c23-17-12-22(15-6-2-1-5-14(15)20-17)18(24)13-7-8-16(19-11-13)21-9-3-4-10-21/h1-11H,12H2,(H,20,23). The molecular weight excluding hydrogens is 304 g/mol. The molecule has 6 nitrogen and oxygen atoms in total. The Kier molecular flexibility index (Phi) is 3.35. The summed E-state index contributed by atoms with van der Waals surface area (Å²) in [6, 6.07) is 14.6. The second kappa shape index (κ2) is 5.66. The van der Waals surface area contributed by atoms with Crippen LogP contribution in [0.5, 0.6) is 0 Å². The molecule has 118 valence electrons. The maximum Gasteiger partial charge on any atom is 0.260 e. The van der Waals surface area contributed by atoms with E-state index in [1.54, 1.807) is 18.2 Å². The van der Waals surface area contributed by atoms with Gasteiger partial charge in [0, 0.05) is 18.6 Å². The highest BCUT2D eigenvalue weighted by Gasteiger charge is 2.27. The summed E-state index contributed by atoms with van der Waals surface area (Å²) in [7, 11) is 0. The molecule has 0 bridgehead atoms. The molecule has 0 aliphatic carbocycles. The van der Waals surface area contributed by atoms with Crippen LogP contribution in [0.2, 0.25) is 0 Å². The monoisotopic (exact) mass is 318 g/mol. The van der Waals surface area contributed by atoms with Gasteiger partial charge in [0.05, 0.1) is 16.9 Å². The van der Waals surface area contributed by atoms with Gasteiger partial charge in [-0.15, -0.1) is 0 Å². The lowest BCUT2D eigenvalue weighted by Gasteiger charge is -2.29. The second-order valence-electron chi connectivity index (χ2n) is 5.45. The molecule has 2 aromatic heterocycles. The zero-order valence-corrected chi connectivity index (χ0v) is 12.7. The number of anilines is 2. The number of benzene rings is 1. The molecule has 0 saturated heterocycles. The molecule has 0 atom stereocenters. The minimum Gasteiger partial charge on any atom is -0.323 e. The SMILES string of the molecule is O=C1CN(C(=O)c2ccc(-n3cccc3)nc2)c2ccccc2N1. The smallest absolute Gasteiger partial charge is 0.260 e. The molecule has 24 heavy (non-hydrogen) atoms. The summed E-state index contributed by atoms with van der Waals surface area (Å²) in [6.07, 6.45) is 5.30. The lowest BCUT2D eigenvalue weighted by Crippen LogP contribution is -2.42. The molecule has 0 fully saturated rings. The summed E-state index contributed by atoms with van der Waals surface area (Å²) < 4.78 is 1.86. The van der Waals surface area contributed by atoms with Crippen LogP contribution in [-0.4, -0.2) is 27.9 Å². The quantitative estimate of drug-likeness (QED) is 0.789. The summed E-state index contributed by atoms with van der Waals surface area (Å²) in [5.74, 6) is 0.274. The molecule has 1 N–H and O–H groups in total. The van der Waals surface area contributed by atoms with Crippen LogP contribution in [0.3, 0.4) is 0 Å². The van der Waals surface area contributed by atoms with Crippen LogP contribution in [0, 0.1) is 0 Å². The van der Waals surface area contributed by atoms with Gasteiger partial charge in [0.2, 0.25) is 5.91 Å². The van der Waals surface area contributed by atoms with Crippen molar-refractivity contribution < 1.29 is 9.59 Å². The van der Waals surface area contributed by atoms with E-state index in [1.165, 1.54) is 11.1 Å². The van der Waals surface area contributed by atoms with Crippen LogP contribution in [0.25, 0.3) is 5.82 Å². The summed E-state index contributed by atoms with van der Waals surface area (Å²) >= 11 is 0. The molecule has 2 amide bonds. The van der Waals surface area contributed by atoms with E-state index in [0.717, 1.165) is 5.82 Å². The summed E-state index contributed by atoms with van der Waals surface area (Å²) in [5.41, 5.74) is 1.77. The molecule has 6 heteroatoms. The van der Waals surface area contributed by atoms with E-state index in [9.17, 15) is 9.59 Å². The van der Waals surface area contributed by atoms with Crippen LogP contribution < -0.4 is 10.2 Å². The minimum absolute atomic E-state index is 0.00476. The van der Waals surface area contributed by atoms with Crippen LogP contribution in [-0.2, 0) is 4.79 Å². The summed E-state index contributed by atoms with van der Waals surface area (Å²) in [6.45, 7) is -0.00476. The maximum absolute atomic E-state index is 12.8. The average molecular weight is 318 g/mol. The van der Waals surface area contributed by atoms with Gasteiger partial charge in [-0.1, -0.05) is 12.1 Å². The number of amides is 2. The van der Waals surface area contributed by atoms with Crippen LogP contribution in [0.15, 0.2) is 67.1 Å². The second-order valence-corrected chi connectivity index (χ2v) is 5.45. The van der Waals surface area contributed by atoms with Crippen molar-refractivity contribution in [3.05, 3.63) is 72.7 Å². The Labute approximate surface area is 138 Å². The van der Waals surface area contributed by atoms with Crippen molar-refractivity contribution in [1.29, 1.82) is 0 Å². The molecule has 3 aromatic rings. The highest BCUT2D eigenvalue weighted by molar-refractivity contribution is 6.15. The van der Waals surface area contributed by atoms with E-state index in [0.29, 0.717) is 16.9 Å². The van der Waals surface area contributed by atoms with Crippen molar-refractivity contribution in [2.75, 3.05) is 16.8 Å². The van der Waals surface area contributed by atoms with Crippen molar-refractivity contribution in [3.8, 4) is 5.82 Å². The van der Waals surface area contributed by atoms with E-state index < -0.39 is 0 Å². The molecule has 3 heterocycles. The first-order valence-electron chi connectivity index (χ1n) is 7.52. The molecule has 1 aliphatic rings. The number of carbonyl (C=O) groups is 2. The van der Waals surface area contributed by atoms with Crippen LogP contribution in [0.4, 0.5) is 11.4 Å². The number of rotatable bonds is 2. The molecule has 0 unspecified atom stereocenters. The molecule has 0 radical (unpaired) electrons. The molecular formula is C18H14N4O2. The molecule has 4 rings (SSSR count). The van der Waals surface area contributed by atoms with Gasteiger partial charge in [0.1, 0.15) is 12.4 Å². The minimum atomic E-state index is -0.246. The Morgan fingerprint density at radius 1 is 1.04 bits per heavy atom. The summed E-state index contributed by atoms with van der Waals surface area (Å²) in [5, 5.41) is 2.77. The maximum atomic E-state index is 12.8. The molecule has 1 aromatic carbocycles. The van der Waals surface area contributed by atoms with E-state index >= 15 is 0 Å². The fourth-order valence-corrected chi connectivity index (χ4v) is 2.72. The van der Waals surface area contributed by atoms with Crippen molar-refractivity contribution in [2.24, 2.45) is 0 Å². The highest BCUT2D eigenvalue weighted by atomic mass is 16.2. The van der Waals surface area contributed by atoms with Gasteiger partial charge < -0.3 is 9.88 Å². The zero-order valence-electron chi connectivity index (χ0n) is 12.7. The van der Waals surface area contributed by atoms with Gasteiger partial charge in [-0.3, -0.25) is 14.5 Å². The zero-order chi connectivity index (χ0) is 16.5. The van der Waals surface area contributed by atoms with Crippen molar-refractivity contribution >= 4 is 23.2 Å². The largest absolute Gasteiger partial charge is 0.323 e. The van der Waals surface area contributed by atoms with Gasteiger partial charge in [-0.2, -0.15) is 0 Å². The molecule has 0 saturated carbocycles. The van der Waals surface area contributed by atoms with Crippen LogP contribution >= 0.6 is 0 Å². The predicted octanol–water partition coefficient (Wildman–Crippen LogP) is 2.47. The topological polar surface area (TPSA) is 67.2 Å². The normalized spacial score (nSPS) is 13.3. The number of nitrogens with zero attached hydrogens (tertiary/aromatic N) is 3. The Morgan fingerprint density at radius 3 is 2.58 bits per heavy atom. The predicted molar refractivity (Wildman–Crippen MR) is 90.3 cm³/mol. The first-order chi connectivity index (χ1) is 11.7. The third-order valence-corrected chi connectivity index (χ3v) is 3.88. The van der Waals surface area contributed by atoms with Crippen molar-refractivity contribution in [2.45, 2.75) is 0 Å². The van der Waals surface area contributed by atoms with E-state index in [1.807, 2.05) is 47.3 Å². The first kappa shape index (κ1) is 14.2. The van der Waals surface area contributed by atoms with E-state index in [4.69, 9.17) is 0 Å². The van der Waals surface area contributed by atoms with Gasteiger partial charge in [-0.25, -0.2) is 4.98 Å². The van der Waals surface area contributed by atoms with Gasteiger partial charge in [0.15, 0.2) is 0 Å². The van der Waals surface area contributed by atoms with E-state index in [-0.39, 0.29) is 18.4 Å².